The summed E-state index contributed by atoms with van der Waals surface area (Å²) >= 11 is 0. The van der Waals surface area contributed by atoms with Gasteiger partial charge in [0.05, 0.1) is 24.3 Å². The fourth-order valence-corrected chi connectivity index (χ4v) is 5.02. The van der Waals surface area contributed by atoms with Crippen molar-refractivity contribution in [1.82, 2.24) is 0 Å². The van der Waals surface area contributed by atoms with E-state index >= 15 is 0 Å². The summed E-state index contributed by atoms with van der Waals surface area (Å²) in [5.41, 5.74) is 0.625. The van der Waals surface area contributed by atoms with Crippen molar-refractivity contribution in [2.75, 3.05) is 13.2 Å². The summed E-state index contributed by atoms with van der Waals surface area (Å²) in [6.07, 6.45) is 17.3. The minimum absolute atomic E-state index is 0.312. The van der Waals surface area contributed by atoms with Gasteiger partial charge in [-0.1, -0.05) is 76.3 Å². The van der Waals surface area contributed by atoms with Crippen molar-refractivity contribution in [3.05, 3.63) is 35.4 Å². The molecule has 4 heteroatoms. The van der Waals surface area contributed by atoms with E-state index in [1.807, 2.05) is 0 Å². The summed E-state index contributed by atoms with van der Waals surface area (Å²) in [6, 6.07) is 6.83. The van der Waals surface area contributed by atoms with Gasteiger partial charge < -0.3 is 9.47 Å². The quantitative estimate of drug-likeness (QED) is 0.315. The molecule has 1 aromatic carbocycles. The third-order valence-corrected chi connectivity index (χ3v) is 6.80. The van der Waals surface area contributed by atoms with E-state index in [0.717, 1.165) is 37.5 Å². The minimum atomic E-state index is -0.423. The topological polar surface area (TPSA) is 52.6 Å². The number of hydrogen-bond acceptors (Lipinski definition) is 4. The summed E-state index contributed by atoms with van der Waals surface area (Å²) in [7, 11) is 0. The standard InChI is InChI=1S/C26H38O4/c27-25(29-19-9-15-21-11-3-1-4-12-21)23-17-7-8-18-24(23)26(28)30-20-10-16-22-13-5-2-6-14-22/h7-8,17-18,21-22H,1-6,9-16,19-20H2. The summed E-state index contributed by atoms with van der Waals surface area (Å²) in [6.45, 7) is 0.834. The Hall–Kier alpha value is -1.84. The molecule has 4 nitrogen and oxygen atoms in total. The predicted molar refractivity (Wildman–Crippen MR) is 119 cm³/mol. The van der Waals surface area contributed by atoms with E-state index in [1.54, 1.807) is 24.3 Å². The SMILES string of the molecule is O=C(OCCCC1CCCCC1)c1ccccc1C(=O)OCCCC1CCCCC1. The molecule has 0 unspecified atom stereocenters. The molecule has 166 valence electrons. The van der Waals surface area contributed by atoms with Gasteiger partial charge in [0.25, 0.3) is 0 Å². The molecule has 2 fully saturated rings. The van der Waals surface area contributed by atoms with E-state index in [2.05, 4.69) is 0 Å². The first kappa shape index (κ1) is 22.8. The molecule has 0 bridgehead atoms. The second-order valence-electron chi connectivity index (χ2n) is 9.11. The highest BCUT2D eigenvalue weighted by Gasteiger charge is 2.20. The van der Waals surface area contributed by atoms with Crippen LogP contribution in [0.25, 0.3) is 0 Å². The smallest absolute Gasteiger partial charge is 0.339 e. The number of ether oxygens (including phenoxy) is 2. The molecule has 0 atom stereocenters. The number of hydrogen-bond donors (Lipinski definition) is 0. The molecule has 2 saturated carbocycles. The Morgan fingerprint density at radius 2 is 1.07 bits per heavy atom. The highest BCUT2D eigenvalue weighted by atomic mass is 16.5. The van der Waals surface area contributed by atoms with Crippen molar-refractivity contribution in [3.8, 4) is 0 Å². The first-order chi connectivity index (χ1) is 14.7. The Kier molecular flexibility index (Phi) is 9.72. The number of esters is 2. The van der Waals surface area contributed by atoms with Crippen LogP contribution in [0.4, 0.5) is 0 Å². The average Bonchev–Trinajstić information content (AvgIpc) is 2.80. The fourth-order valence-electron chi connectivity index (χ4n) is 5.02. The molecule has 0 amide bonds. The van der Waals surface area contributed by atoms with E-state index in [-0.39, 0.29) is 0 Å². The van der Waals surface area contributed by atoms with Crippen LogP contribution in [0.5, 0.6) is 0 Å². The van der Waals surface area contributed by atoms with Crippen LogP contribution < -0.4 is 0 Å². The van der Waals surface area contributed by atoms with Crippen LogP contribution in [0.3, 0.4) is 0 Å². The van der Waals surface area contributed by atoms with Gasteiger partial charge in [-0.15, -0.1) is 0 Å². The zero-order valence-electron chi connectivity index (χ0n) is 18.4. The van der Waals surface area contributed by atoms with Crippen LogP contribution in [0.15, 0.2) is 24.3 Å². The normalized spacial score (nSPS) is 18.1. The van der Waals surface area contributed by atoms with E-state index in [1.165, 1.54) is 64.2 Å². The first-order valence-electron chi connectivity index (χ1n) is 12.2. The Morgan fingerprint density at radius 3 is 1.47 bits per heavy atom. The van der Waals surface area contributed by atoms with Gasteiger partial charge in [0, 0.05) is 0 Å². The summed E-state index contributed by atoms with van der Waals surface area (Å²) in [4.78, 5) is 25.1. The van der Waals surface area contributed by atoms with Crippen molar-refractivity contribution in [1.29, 1.82) is 0 Å². The number of carbonyl (C=O) groups is 2. The Morgan fingerprint density at radius 1 is 0.667 bits per heavy atom. The second kappa shape index (κ2) is 12.8. The molecule has 0 aliphatic heterocycles. The lowest BCUT2D eigenvalue weighted by molar-refractivity contribution is 0.0444. The highest BCUT2D eigenvalue weighted by Crippen LogP contribution is 2.28. The molecule has 0 saturated heterocycles. The molecule has 2 aliphatic rings. The third kappa shape index (κ3) is 7.45. The van der Waals surface area contributed by atoms with Crippen LogP contribution in [-0.2, 0) is 9.47 Å². The summed E-state index contributed by atoms with van der Waals surface area (Å²) in [5, 5.41) is 0. The number of carbonyl (C=O) groups excluding carboxylic acids is 2. The van der Waals surface area contributed by atoms with E-state index in [9.17, 15) is 9.59 Å². The van der Waals surface area contributed by atoms with Gasteiger partial charge in [0.15, 0.2) is 0 Å². The van der Waals surface area contributed by atoms with E-state index in [4.69, 9.17) is 9.47 Å². The molecule has 0 spiro atoms. The zero-order chi connectivity index (χ0) is 21.0. The van der Waals surface area contributed by atoms with Gasteiger partial charge in [0.1, 0.15) is 0 Å². The molecule has 3 rings (SSSR count). The monoisotopic (exact) mass is 414 g/mol. The van der Waals surface area contributed by atoms with Crippen molar-refractivity contribution >= 4 is 11.9 Å². The molecule has 0 heterocycles. The van der Waals surface area contributed by atoms with Gasteiger partial charge >= 0.3 is 11.9 Å². The number of benzene rings is 1. The molecule has 2 aliphatic carbocycles. The van der Waals surface area contributed by atoms with Gasteiger partial charge in [-0.3, -0.25) is 0 Å². The lowest BCUT2D eigenvalue weighted by atomic mass is 9.86. The molecule has 0 N–H and O–H groups in total. The van der Waals surface area contributed by atoms with Crippen LogP contribution in [-0.4, -0.2) is 25.2 Å². The van der Waals surface area contributed by atoms with Crippen molar-refractivity contribution in [2.24, 2.45) is 11.8 Å². The van der Waals surface area contributed by atoms with Crippen LogP contribution in [0, 0.1) is 11.8 Å². The second-order valence-corrected chi connectivity index (χ2v) is 9.11. The van der Waals surface area contributed by atoms with Gasteiger partial charge in [-0.2, -0.15) is 0 Å². The highest BCUT2D eigenvalue weighted by molar-refractivity contribution is 6.03. The van der Waals surface area contributed by atoms with Crippen molar-refractivity contribution in [3.63, 3.8) is 0 Å². The maximum absolute atomic E-state index is 12.5. The van der Waals surface area contributed by atoms with Crippen LogP contribution in [0.1, 0.15) is 111 Å². The zero-order valence-corrected chi connectivity index (χ0v) is 18.4. The Balaban J connectivity index is 1.39. The molecule has 1 aromatic rings. The Labute approximate surface area is 181 Å². The Bertz CT molecular complexity index is 600. The minimum Gasteiger partial charge on any atom is -0.462 e. The predicted octanol–water partition coefficient (Wildman–Crippen LogP) is 6.72. The van der Waals surface area contributed by atoms with Crippen molar-refractivity contribution in [2.45, 2.75) is 89.9 Å². The van der Waals surface area contributed by atoms with Crippen molar-refractivity contribution < 1.29 is 19.1 Å². The molecular formula is C26H38O4. The third-order valence-electron chi connectivity index (χ3n) is 6.80. The first-order valence-corrected chi connectivity index (χ1v) is 12.2. The van der Waals surface area contributed by atoms with Gasteiger partial charge in [0.2, 0.25) is 0 Å². The van der Waals surface area contributed by atoms with Crippen LogP contribution >= 0.6 is 0 Å². The molecule has 0 aromatic heterocycles. The van der Waals surface area contributed by atoms with Crippen LogP contribution in [0.2, 0.25) is 0 Å². The lowest BCUT2D eigenvalue weighted by Gasteiger charge is -2.21. The summed E-state index contributed by atoms with van der Waals surface area (Å²) in [5.74, 6) is 0.725. The lowest BCUT2D eigenvalue weighted by Crippen LogP contribution is -2.16. The van der Waals surface area contributed by atoms with E-state index < -0.39 is 11.9 Å². The largest absolute Gasteiger partial charge is 0.462 e. The van der Waals surface area contributed by atoms with Gasteiger partial charge in [-0.05, 0) is 49.7 Å². The van der Waals surface area contributed by atoms with Gasteiger partial charge in [-0.25, -0.2) is 9.59 Å². The van der Waals surface area contributed by atoms with E-state index in [0.29, 0.717) is 24.3 Å². The molecule has 30 heavy (non-hydrogen) atoms. The molecule has 0 radical (unpaired) electrons. The number of rotatable bonds is 10. The molecular weight excluding hydrogens is 376 g/mol. The fraction of sp³-hybridized carbons (Fsp3) is 0.692. The average molecular weight is 415 g/mol. The maximum atomic E-state index is 12.5. The summed E-state index contributed by atoms with van der Waals surface area (Å²) < 4.78 is 10.9. The maximum Gasteiger partial charge on any atom is 0.339 e.